The van der Waals surface area contributed by atoms with Crippen LogP contribution < -0.4 is 0 Å². The molecule has 0 aliphatic carbocycles. The molecule has 10 rings (SSSR count). The molecule has 0 amide bonds. The molecule has 2 fully saturated rings. The monoisotopic (exact) mass is 1080 g/mol. The summed E-state index contributed by atoms with van der Waals surface area (Å²) >= 11 is 1.60. The Balaban J connectivity index is 1.02. The third-order valence-corrected chi connectivity index (χ3v) is 15.1. The van der Waals surface area contributed by atoms with Crippen molar-refractivity contribution in [2.24, 2.45) is 0 Å². The first-order valence-corrected chi connectivity index (χ1v) is 28.2. The molecule has 2 aliphatic heterocycles. The van der Waals surface area contributed by atoms with Gasteiger partial charge in [-0.25, -0.2) is 0 Å². The summed E-state index contributed by atoms with van der Waals surface area (Å²) in [5, 5.41) is 0. The Morgan fingerprint density at radius 3 is 1.01 bits per heavy atom. The van der Waals surface area contributed by atoms with E-state index in [0.717, 1.165) is 49.4 Å². The van der Waals surface area contributed by atoms with E-state index in [-0.39, 0.29) is 33.0 Å². The Bertz CT molecular complexity index is 2930. The fourth-order valence-electron chi connectivity index (χ4n) is 9.80. The van der Waals surface area contributed by atoms with E-state index in [0.29, 0.717) is 26.4 Å². The Kier molecular flexibility index (Phi) is 21.1. The fraction of sp³-hybridized carbons (Fsp3) is 0.294. The SMILES string of the molecule is Cc1ccc(S[C@@H]2O[C@H](CO[C@H]3O[C@H](COCc4ccccc4)[C@@H](OCc4ccccc4)[C@H](OCc4ccccc4)[C@H]3OCc3ccccc3)[C@@H](OCc3ccccc3)[C@H](OCc3ccccc3)[C@H]2OCc2ccccc2)cc1. The van der Waals surface area contributed by atoms with Crippen LogP contribution in [0.4, 0.5) is 0 Å². The number of aryl methyl sites for hydroxylation is 1. The third kappa shape index (κ3) is 16.6. The minimum atomic E-state index is -0.997. The largest absolute Gasteiger partial charge is 0.374 e. The fourth-order valence-corrected chi connectivity index (χ4v) is 10.9. The first-order chi connectivity index (χ1) is 39.1. The number of thioether (sulfide) groups is 1. The van der Waals surface area contributed by atoms with Crippen molar-refractivity contribution in [1.82, 2.24) is 0 Å². The lowest BCUT2D eigenvalue weighted by Crippen LogP contribution is -2.63. The summed E-state index contributed by atoms with van der Waals surface area (Å²) in [6.45, 7) is 4.45. The maximum absolute atomic E-state index is 7.37. The van der Waals surface area contributed by atoms with E-state index in [1.165, 1.54) is 0 Å². The highest BCUT2D eigenvalue weighted by atomic mass is 32.2. The van der Waals surface area contributed by atoms with Crippen LogP contribution in [0.1, 0.15) is 44.5 Å². The van der Waals surface area contributed by atoms with Crippen LogP contribution in [0.5, 0.6) is 0 Å². The summed E-state index contributed by atoms with van der Waals surface area (Å²) in [7, 11) is 0. The van der Waals surface area contributed by atoms with Gasteiger partial charge in [-0.05, 0) is 58.0 Å². The van der Waals surface area contributed by atoms with Gasteiger partial charge in [0.05, 0.1) is 59.5 Å². The quantitative estimate of drug-likeness (QED) is 0.0493. The molecule has 0 unspecified atom stereocenters. The van der Waals surface area contributed by atoms with Gasteiger partial charge in [0.2, 0.25) is 0 Å². The van der Waals surface area contributed by atoms with Crippen LogP contribution in [0.2, 0.25) is 0 Å². The molecule has 408 valence electrons. The van der Waals surface area contributed by atoms with Gasteiger partial charge in [-0.3, -0.25) is 0 Å². The number of hydrogen-bond acceptors (Lipinski definition) is 11. The molecule has 2 aliphatic rings. The van der Waals surface area contributed by atoms with Crippen molar-refractivity contribution in [1.29, 1.82) is 0 Å². The number of ether oxygens (including phenoxy) is 10. The van der Waals surface area contributed by atoms with Gasteiger partial charge in [0.15, 0.2) is 6.29 Å². The van der Waals surface area contributed by atoms with E-state index in [4.69, 9.17) is 47.4 Å². The van der Waals surface area contributed by atoms with Crippen LogP contribution in [0, 0.1) is 6.92 Å². The van der Waals surface area contributed by atoms with Crippen LogP contribution in [0.25, 0.3) is 0 Å². The van der Waals surface area contributed by atoms with Crippen molar-refractivity contribution < 1.29 is 47.4 Å². The molecule has 0 radical (unpaired) electrons. The number of rotatable bonds is 27. The first-order valence-electron chi connectivity index (χ1n) is 27.3. The summed E-state index contributed by atoms with van der Waals surface area (Å²) in [6.07, 6.45) is -6.42. The van der Waals surface area contributed by atoms with E-state index < -0.39 is 60.6 Å². The van der Waals surface area contributed by atoms with Gasteiger partial charge in [-0.2, -0.15) is 0 Å². The van der Waals surface area contributed by atoms with Crippen LogP contribution in [0.3, 0.4) is 0 Å². The highest BCUT2D eigenvalue weighted by Crippen LogP contribution is 2.40. The third-order valence-electron chi connectivity index (χ3n) is 14.0. The van der Waals surface area contributed by atoms with Crippen molar-refractivity contribution in [2.75, 3.05) is 13.2 Å². The lowest BCUT2D eigenvalue weighted by Gasteiger charge is -2.48. The Morgan fingerprint density at radius 2 is 0.620 bits per heavy atom. The summed E-state index contributed by atoms with van der Waals surface area (Å²) < 4.78 is 70.8. The van der Waals surface area contributed by atoms with Gasteiger partial charge in [0.1, 0.15) is 54.3 Å². The van der Waals surface area contributed by atoms with Crippen LogP contribution >= 0.6 is 11.8 Å². The van der Waals surface area contributed by atoms with E-state index in [1.807, 2.05) is 140 Å². The molecule has 2 saturated heterocycles. The Labute approximate surface area is 469 Å². The van der Waals surface area contributed by atoms with Gasteiger partial charge < -0.3 is 47.4 Å². The van der Waals surface area contributed by atoms with Crippen molar-refractivity contribution in [3.05, 3.63) is 281 Å². The highest BCUT2D eigenvalue weighted by Gasteiger charge is 2.52. The Hall–Kier alpha value is -6.29. The topological polar surface area (TPSA) is 92.3 Å². The summed E-state index contributed by atoms with van der Waals surface area (Å²) in [5.74, 6) is 0. The zero-order chi connectivity index (χ0) is 53.7. The molecule has 8 aromatic carbocycles. The van der Waals surface area contributed by atoms with Crippen molar-refractivity contribution in [3.8, 4) is 0 Å². The van der Waals surface area contributed by atoms with Gasteiger partial charge in [-0.15, -0.1) is 0 Å². The summed E-state index contributed by atoms with van der Waals surface area (Å²) in [5.41, 5.74) is 7.70. The molecule has 2 heterocycles. The summed E-state index contributed by atoms with van der Waals surface area (Å²) in [4.78, 5) is 1.03. The van der Waals surface area contributed by atoms with Gasteiger partial charge >= 0.3 is 0 Å². The maximum Gasteiger partial charge on any atom is 0.187 e. The molecule has 0 saturated carbocycles. The smallest absolute Gasteiger partial charge is 0.187 e. The average Bonchev–Trinajstić information content (AvgIpc) is 3.55. The molecule has 10 atom stereocenters. The molecule has 8 aromatic rings. The minimum Gasteiger partial charge on any atom is -0.374 e. The normalized spacial score (nSPS) is 23.1. The van der Waals surface area contributed by atoms with E-state index in [2.05, 4.69) is 104 Å². The molecule has 0 N–H and O–H groups in total. The van der Waals surface area contributed by atoms with Gasteiger partial charge in [0, 0.05) is 4.90 Å². The summed E-state index contributed by atoms with van der Waals surface area (Å²) in [6, 6.07) is 79.5. The zero-order valence-corrected chi connectivity index (χ0v) is 45.5. The number of benzene rings is 8. The molecule has 10 nitrogen and oxygen atoms in total. The number of hydrogen-bond donors (Lipinski definition) is 0. The first kappa shape index (κ1) is 56.0. The maximum atomic E-state index is 7.37. The molecular weight excluding hydrogens is 1010 g/mol. The second-order valence-corrected chi connectivity index (χ2v) is 21.1. The second-order valence-electron chi connectivity index (χ2n) is 19.9. The molecular formula is C68H70O10S. The van der Waals surface area contributed by atoms with Gasteiger partial charge in [0.25, 0.3) is 0 Å². The van der Waals surface area contributed by atoms with Crippen molar-refractivity contribution in [2.45, 2.75) is 119 Å². The van der Waals surface area contributed by atoms with Crippen molar-refractivity contribution >= 4 is 11.8 Å². The standard InChI is InChI=1S/C68H70O10S/c1-50-37-39-58(40-38-50)79-68-66(75-47-57-35-21-8-22-36-57)64(73-45-55-31-17-6-18-32-55)62(71-43-53-27-13-4-14-28-53)60(78-68)49-76-67-65(74-46-56-33-19-7-20-34-56)63(72-44-54-29-15-5-16-30-54)61(70-42-52-25-11-3-12-26-52)59(77-67)48-69-41-51-23-9-2-10-24-51/h2-40,59-68H,41-49H2,1H3/t59-,60-,61-,62-,63+,64+,65-,66-,67+,68+/m1/s1. The predicted octanol–water partition coefficient (Wildman–Crippen LogP) is 13.3. The lowest BCUT2D eigenvalue weighted by atomic mass is 9.97. The molecule has 0 bridgehead atoms. The van der Waals surface area contributed by atoms with Gasteiger partial charge in [-0.1, -0.05) is 242 Å². The zero-order valence-electron chi connectivity index (χ0n) is 44.6. The minimum absolute atomic E-state index is 0.0232. The molecule has 0 aromatic heterocycles. The Morgan fingerprint density at radius 1 is 0.304 bits per heavy atom. The van der Waals surface area contributed by atoms with Crippen LogP contribution in [-0.4, -0.2) is 73.8 Å². The highest BCUT2D eigenvalue weighted by molar-refractivity contribution is 7.99. The predicted molar refractivity (Wildman–Crippen MR) is 307 cm³/mol. The lowest BCUT2D eigenvalue weighted by molar-refractivity contribution is -0.337. The molecule has 11 heteroatoms. The van der Waals surface area contributed by atoms with Crippen molar-refractivity contribution in [3.63, 3.8) is 0 Å². The van der Waals surface area contributed by atoms with E-state index >= 15 is 0 Å². The molecule has 79 heavy (non-hydrogen) atoms. The van der Waals surface area contributed by atoms with E-state index in [9.17, 15) is 0 Å². The van der Waals surface area contributed by atoms with E-state index in [1.54, 1.807) is 11.8 Å². The second kappa shape index (κ2) is 29.8. The average molecular weight is 1080 g/mol. The van der Waals surface area contributed by atoms with Crippen LogP contribution in [0.15, 0.2) is 241 Å². The molecule has 0 spiro atoms. The van der Waals surface area contributed by atoms with Crippen LogP contribution in [-0.2, 0) is 93.6 Å².